The van der Waals surface area contributed by atoms with Crippen LogP contribution in [0.2, 0.25) is 0 Å². The Morgan fingerprint density at radius 1 is 1.00 bits per heavy atom. The van der Waals surface area contributed by atoms with Gasteiger partial charge in [-0.05, 0) is 24.3 Å². The van der Waals surface area contributed by atoms with Gasteiger partial charge in [-0.1, -0.05) is 18.2 Å². The zero-order chi connectivity index (χ0) is 11.1. The summed E-state index contributed by atoms with van der Waals surface area (Å²) in [5.41, 5.74) is 0. The van der Waals surface area contributed by atoms with E-state index in [1.807, 2.05) is 6.07 Å². The van der Waals surface area contributed by atoms with Crippen LogP contribution >= 0.6 is 0 Å². The summed E-state index contributed by atoms with van der Waals surface area (Å²) < 4.78 is 17.8. The number of phenols is 1. The highest BCUT2D eigenvalue weighted by molar-refractivity contribution is 7.85. The second-order valence-corrected chi connectivity index (χ2v) is 4.81. The van der Waals surface area contributed by atoms with Crippen LogP contribution in [0.4, 0.5) is 0 Å². The van der Waals surface area contributed by atoms with Gasteiger partial charge in [-0.3, -0.25) is 0 Å². The van der Waals surface area contributed by atoms with Crippen molar-refractivity contribution in [3.63, 3.8) is 0 Å². The minimum absolute atomic E-state index is 0.00494. The summed E-state index contributed by atoms with van der Waals surface area (Å²) in [6.07, 6.45) is 0. The van der Waals surface area contributed by atoms with Crippen molar-refractivity contribution >= 4 is 10.8 Å². The van der Waals surface area contributed by atoms with Crippen molar-refractivity contribution in [2.75, 3.05) is 0 Å². The molecule has 4 heteroatoms. The molecular formula is C12H8O3S. The molecule has 1 N–H and O–H groups in total. The Kier molecular flexibility index (Phi) is 1.97. The molecule has 80 valence electrons. The molecule has 2 aromatic carbocycles. The molecule has 0 bridgehead atoms. The number of benzene rings is 2. The lowest BCUT2D eigenvalue weighted by atomic mass is 10.3. The highest BCUT2D eigenvalue weighted by Crippen LogP contribution is 2.43. The van der Waals surface area contributed by atoms with E-state index in [0.717, 1.165) is 0 Å². The molecule has 0 radical (unpaired) electrons. The van der Waals surface area contributed by atoms with Gasteiger partial charge < -0.3 is 9.84 Å². The molecule has 0 aromatic heterocycles. The zero-order valence-electron chi connectivity index (χ0n) is 8.21. The highest BCUT2D eigenvalue weighted by Gasteiger charge is 2.26. The third kappa shape index (κ3) is 1.23. The summed E-state index contributed by atoms with van der Waals surface area (Å²) in [7, 11) is -1.38. The van der Waals surface area contributed by atoms with E-state index in [-0.39, 0.29) is 5.75 Å². The van der Waals surface area contributed by atoms with Crippen LogP contribution in [0.3, 0.4) is 0 Å². The van der Waals surface area contributed by atoms with Crippen molar-refractivity contribution in [1.29, 1.82) is 0 Å². The normalized spacial score (nSPS) is 17.1. The van der Waals surface area contributed by atoms with Crippen molar-refractivity contribution in [1.82, 2.24) is 0 Å². The van der Waals surface area contributed by atoms with E-state index in [1.165, 1.54) is 6.07 Å². The quantitative estimate of drug-likeness (QED) is 0.648. The number of phenolic OH excluding ortho intramolecular Hbond substituents is 1. The predicted molar refractivity (Wildman–Crippen MR) is 59.3 cm³/mol. The number of hydrogen-bond acceptors (Lipinski definition) is 3. The highest BCUT2D eigenvalue weighted by atomic mass is 32.2. The number of ether oxygens (including phenoxy) is 1. The third-order valence-electron chi connectivity index (χ3n) is 2.41. The fraction of sp³-hybridized carbons (Fsp3) is 0. The van der Waals surface area contributed by atoms with E-state index >= 15 is 0 Å². The molecule has 3 nitrogen and oxygen atoms in total. The van der Waals surface area contributed by atoms with Gasteiger partial charge in [-0.2, -0.15) is 0 Å². The van der Waals surface area contributed by atoms with Gasteiger partial charge in [0.2, 0.25) is 0 Å². The first-order valence-electron chi connectivity index (χ1n) is 4.78. The molecule has 1 atom stereocenters. The topological polar surface area (TPSA) is 46.5 Å². The van der Waals surface area contributed by atoms with Gasteiger partial charge in [0.05, 0.1) is 15.7 Å². The Labute approximate surface area is 94.8 Å². The molecular weight excluding hydrogens is 224 g/mol. The van der Waals surface area contributed by atoms with Crippen molar-refractivity contribution < 1.29 is 14.1 Å². The molecule has 1 aliphatic heterocycles. The molecule has 0 fully saturated rings. The Morgan fingerprint density at radius 2 is 1.75 bits per heavy atom. The maximum Gasteiger partial charge on any atom is 0.147 e. The number of hydrogen-bond donors (Lipinski definition) is 1. The van der Waals surface area contributed by atoms with E-state index < -0.39 is 10.8 Å². The van der Waals surface area contributed by atoms with E-state index in [9.17, 15) is 9.32 Å². The summed E-state index contributed by atoms with van der Waals surface area (Å²) >= 11 is 0. The smallest absolute Gasteiger partial charge is 0.147 e. The summed E-state index contributed by atoms with van der Waals surface area (Å²) in [6, 6.07) is 12.0. The Hall–Kier alpha value is -1.81. The number of fused-ring (bicyclic) bond motifs is 2. The Morgan fingerprint density at radius 3 is 2.62 bits per heavy atom. The van der Waals surface area contributed by atoms with Gasteiger partial charge in [0, 0.05) is 0 Å². The van der Waals surface area contributed by atoms with Gasteiger partial charge in [-0.25, -0.2) is 4.21 Å². The van der Waals surface area contributed by atoms with Crippen molar-refractivity contribution in [3.8, 4) is 17.2 Å². The van der Waals surface area contributed by atoms with Gasteiger partial charge in [-0.15, -0.1) is 0 Å². The maximum absolute atomic E-state index is 12.2. The lowest BCUT2D eigenvalue weighted by molar-refractivity contribution is 0.420. The molecule has 3 rings (SSSR count). The van der Waals surface area contributed by atoms with Crippen LogP contribution in [0.15, 0.2) is 52.3 Å². The number of para-hydroxylation sites is 1. The molecule has 1 unspecified atom stereocenters. The van der Waals surface area contributed by atoms with Crippen LogP contribution in [-0.4, -0.2) is 9.32 Å². The van der Waals surface area contributed by atoms with Crippen molar-refractivity contribution in [2.45, 2.75) is 9.79 Å². The SMILES string of the molecule is O=S1c2ccccc2Oc2cccc(O)c21. The standard InChI is InChI=1S/C12H8O3S/c13-8-4-3-6-10-12(8)16(14)11-7-2-1-5-9(11)15-10/h1-7,13H. The fourth-order valence-corrected chi connectivity index (χ4v) is 2.95. The Balaban J connectivity index is 2.27. The first-order valence-corrected chi connectivity index (χ1v) is 5.93. The van der Waals surface area contributed by atoms with Crippen LogP contribution in [0.25, 0.3) is 0 Å². The monoisotopic (exact) mass is 232 g/mol. The summed E-state index contributed by atoms with van der Waals surface area (Å²) in [5.74, 6) is 1.04. The maximum atomic E-state index is 12.2. The molecule has 1 heterocycles. The van der Waals surface area contributed by atoms with Gasteiger partial charge in [0.1, 0.15) is 22.1 Å². The molecule has 16 heavy (non-hydrogen) atoms. The lowest BCUT2D eigenvalue weighted by Gasteiger charge is -2.19. The first-order chi connectivity index (χ1) is 7.77. The molecule has 0 spiro atoms. The van der Waals surface area contributed by atoms with Crippen molar-refractivity contribution in [3.05, 3.63) is 42.5 Å². The number of rotatable bonds is 0. The van der Waals surface area contributed by atoms with E-state index in [4.69, 9.17) is 4.74 Å². The summed E-state index contributed by atoms with van der Waals surface area (Å²) in [6.45, 7) is 0. The molecule has 0 aliphatic carbocycles. The van der Waals surface area contributed by atoms with Gasteiger partial charge >= 0.3 is 0 Å². The minimum Gasteiger partial charge on any atom is -0.507 e. The average molecular weight is 232 g/mol. The second kappa shape index (κ2) is 3.35. The largest absolute Gasteiger partial charge is 0.507 e. The van der Waals surface area contributed by atoms with Crippen molar-refractivity contribution in [2.24, 2.45) is 0 Å². The molecule has 2 aromatic rings. The zero-order valence-corrected chi connectivity index (χ0v) is 9.03. The average Bonchev–Trinajstić information content (AvgIpc) is 2.29. The van der Waals surface area contributed by atoms with Crippen LogP contribution in [-0.2, 0) is 10.8 Å². The third-order valence-corrected chi connectivity index (χ3v) is 3.93. The number of aromatic hydroxyl groups is 1. The van der Waals surface area contributed by atoms with Crippen LogP contribution in [0, 0.1) is 0 Å². The lowest BCUT2D eigenvalue weighted by Crippen LogP contribution is -2.04. The second-order valence-electron chi connectivity index (χ2n) is 3.42. The van der Waals surface area contributed by atoms with Gasteiger partial charge in [0.25, 0.3) is 0 Å². The van der Waals surface area contributed by atoms with Crippen LogP contribution < -0.4 is 4.74 Å². The first kappa shape index (κ1) is 9.42. The molecule has 0 saturated carbocycles. The van der Waals surface area contributed by atoms with E-state index in [0.29, 0.717) is 21.3 Å². The summed E-state index contributed by atoms with van der Waals surface area (Å²) in [4.78, 5) is 0.942. The minimum atomic E-state index is -1.38. The fourth-order valence-electron chi connectivity index (χ4n) is 1.69. The molecule has 0 saturated heterocycles. The van der Waals surface area contributed by atoms with Crippen LogP contribution in [0.1, 0.15) is 0 Å². The predicted octanol–water partition coefficient (Wildman–Crippen LogP) is 2.66. The Bertz CT molecular complexity index is 593. The van der Waals surface area contributed by atoms with E-state index in [2.05, 4.69) is 0 Å². The molecule has 0 amide bonds. The summed E-state index contributed by atoms with van der Waals surface area (Å²) in [5, 5.41) is 9.68. The van der Waals surface area contributed by atoms with E-state index in [1.54, 1.807) is 30.3 Å². The van der Waals surface area contributed by atoms with Gasteiger partial charge in [0.15, 0.2) is 0 Å². The van der Waals surface area contributed by atoms with Crippen LogP contribution in [0.5, 0.6) is 17.2 Å². The molecule has 1 aliphatic rings.